The minimum Gasteiger partial charge on any atom is -0.495 e. The van der Waals surface area contributed by atoms with Crippen molar-refractivity contribution in [3.63, 3.8) is 0 Å². The number of benzene rings is 4. The van der Waals surface area contributed by atoms with Gasteiger partial charge in [0.15, 0.2) is 0 Å². The van der Waals surface area contributed by atoms with Gasteiger partial charge in [-0.2, -0.15) is 5.26 Å². The lowest BCUT2D eigenvalue weighted by atomic mass is 9.62. The maximum absolute atomic E-state index is 16.1. The standard InChI is InChI=1S/C46H46Cl2F2N4O6/c1-7-54(8-2)29-14-15-30-26(21-39(55)60-36(30)23-29)18-19-59-44(57)27-12-17-35(37(20-27)58-6)52-43(56)42-40(31-10-9-11-33(48)41(31)50)46(25-51,38(53-42)24-45(3,4)5)32-16-13-28(47)22-34(32)49/h9-17,20-23,38,40,42,53H,7-8,18-19,24H2,1-6H3,(H,52,56)/t38-,40-,42+,46-/m0/s1. The lowest BCUT2D eigenvalue weighted by Crippen LogP contribution is -2.45. The number of carbonyl (C=O) groups excluding carboxylic acids is 2. The molecule has 0 saturated carbocycles. The fraction of sp³-hybridized carbons (Fsp3) is 0.348. The van der Waals surface area contributed by atoms with E-state index in [-0.39, 0.29) is 57.6 Å². The van der Waals surface area contributed by atoms with Gasteiger partial charge in [0.25, 0.3) is 0 Å². The van der Waals surface area contributed by atoms with Crippen molar-refractivity contribution in [1.82, 2.24) is 5.32 Å². The molecule has 4 atom stereocenters. The van der Waals surface area contributed by atoms with E-state index in [1.807, 2.05) is 52.8 Å². The molecule has 1 fully saturated rings. The number of halogens is 4. The molecule has 0 bridgehead atoms. The molecule has 1 aliphatic heterocycles. The SMILES string of the molecule is CCN(CC)c1ccc2c(CCOC(=O)c3ccc(NC(=O)[C@@H]4N[C@@H](CC(C)(C)C)[C@](C#N)(c5ccc(Cl)cc5F)[C@H]4c4cccc(Cl)c4F)c(OC)c3)cc(=O)oc2c1. The zero-order valence-electron chi connectivity index (χ0n) is 34.1. The van der Waals surface area contributed by atoms with Crippen molar-refractivity contribution in [2.75, 3.05) is 37.0 Å². The Morgan fingerprint density at radius 1 is 1.02 bits per heavy atom. The van der Waals surface area contributed by atoms with Gasteiger partial charge in [-0.05, 0) is 85.3 Å². The number of hydrogen-bond donors (Lipinski definition) is 2. The third kappa shape index (κ3) is 8.85. The van der Waals surface area contributed by atoms with Gasteiger partial charge in [0.2, 0.25) is 5.91 Å². The molecule has 1 aliphatic rings. The summed E-state index contributed by atoms with van der Waals surface area (Å²) in [6, 6.07) is 19.8. The Bertz CT molecular complexity index is 2530. The average molecular weight is 860 g/mol. The lowest BCUT2D eigenvalue weighted by Gasteiger charge is -2.37. The van der Waals surface area contributed by atoms with Gasteiger partial charge >= 0.3 is 11.6 Å². The number of hydrogen-bond acceptors (Lipinski definition) is 9. The molecule has 1 saturated heterocycles. The summed E-state index contributed by atoms with van der Waals surface area (Å²) in [7, 11) is 1.36. The summed E-state index contributed by atoms with van der Waals surface area (Å²) in [5.74, 6) is -4.16. The maximum Gasteiger partial charge on any atom is 0.338 e. The number of nitrogens with one attached hydrogen (secondary N) is 2. The van der Waals surface area contributed by atoms with Gasteiger partial charge in [-0.1, -0.05) is 62.2 Å². The Kier molecular flexibility index (Phi) is 13.2. The van der Waals surface area contributed by atoms with E-state index < -0.39 is 58.0 Å². The molecule has 0 spiro atoms. The molecule has 14 heteroatoms. The van der Waals surface area contributed by atoms with E-state index in [0.29, 0.717) is 11.1 Å². The van der Waals surface area contributed by atoms with E-state index >= 15 is 8.78 Å². The molecule has 10 nitrogen and oxygen atoms in total. The van der Waals surface area contributed by atoms with Crippen LogP contribution in [0.2, 0.25) is 10.0 Å². The number of rotatable bonds is 13. The Morgan fingerprint density at radius 2 is 1.77 bits per heavy atom. The van der Waals surface area contributed by atoms with Crippen LogP contribution < -0.4 is 25.9 Å². The predicted molar refractivity (Wildman–Crippen MR) is 229 cm³/mol. The lowest BCUT2D eigenvalue weighted by molar-refractivity contribution is -0.118. The van der Waals surface area contributed by atoms with Crippen LogP contribution in [0, 0.1) is 28.4 Å². The topological polar surface area (TPSA) is 134 Å². The Labute approximate surface area is 357 Å². The number of nitrogens with zero attached hydrogens (tertiary/aromatic N) is 2. The molecule has 2 heterocycles. The van der Waals surface area contributed by atoms with Crippen molar-refractivity contribution in [3.05, 3.63) is 133 Å². The van der Waals surface area contributed by atoms with Gasteiger partial charge in [0, 0.05) is 65.3 Å². The molecule has 314 valence electrons. The molecule has 5 aromatic rings. The minimum atomic E-state index is -1.82. The fourth-order valence-corrected chi connectivity index (χ4v) is 8.58. The van der Waals surface area contributed by atoms with E-state index in [9.17, 15) is 19.6 Å². The molecule has 1 amide bonds. The molecule has 60 heavy (non-hydrogen) atoms. The van der Waals surface area contributed by atoms with E-state index in [4.69, 9.17) is 37.1 Å². The van der Waals surface area contributed by atoms with Crippen molar-refractivity contribution in [2.45, 2.75) is 70.9 Å². The van der Waals surface area contributed by atoms with Crippen LogP contribution in [-0.4, -0.2) is 50.8 Å². The zero-order chi connectivity index (χ0) is 43.5. The second kappa shape index (κ2) is 18.0. The van der Waals surface area contributed by atoms with Gasteiger partial charge in [-0.15, -0.1) is 0 Å². The average Bonchev–Trinajstić information content (AvgIpc) is 3.52. The summed E-state index contributed by atoms with van der Waals surface area (Å²) in [4.78, 5) is 42.4. The summed E-state index contributed by atoms with van der Waals surface area (Å²) < 4.78 is 48.8. The molecular weight excluding hydrogens is 813 g/mol. The number of anilines is 2. The fourth-order valence-electron chi connectivity index (χ4n) is 8.24. The Morgan fingerprint density at radius 3 is 2.43 bits per heavy atom. The largest absolute Gasteiger partial charge is 0.495 e. The van der Waals surface area contributed by atoms with E-state index in [2.05, 4.69) is 21.6 Å². The van der Waals surface area contributed by atoms with Crippen LogP contribution in [0.5, 0.6) is 5.75 Å². The van der Waals surface area contributed by atoms with Gasteiger partial charge < -0.3 is 29.4 Å². The molecule has 1 aromatic heterocycles. The molecule has 0 aliphatic carbocycles. The molecular formula is C46H46Cl2F2N4O6. The normalized spacial score (nSPS) is 18.9. The maximum atomic E-state index is 16.1. The molecule has 2 N–H and O–H groups in total. The number of esters is 1. The second-order valence-corrected chi connectivity index (χ2v) is 16.8. The highest BCUT2D eigenvalue weighted by molar-refractivity contribution is 6.31. The van der Waals surface area contributed by atoms with Gasteiger partial charge in [0.1, 0.15) is 28.4 Å². The van der Waals surface area contributed by atoms with Crippen LogP contribution in [0.3, 0.4) is 0 Å². The summed E-state index contributed by atoms with van der Waals surface area (Å²) in [6.45, 7) is 11.4. The number of nitriles is 1. The predicted octanol–water partition coefficient (Wildman–Crippen LogP) is 9.59. The van der Waals surface area contributed by atoms with Crippen LogP contribution in [-0.2, 0) is 21.4 Å². The molecule has 0 radical (unpaired) electrons. The van der Waals surface area contributed by atoms with Crippen LogP contribution in [0.4, 0.5) is 20.2 Å². The first-order chi connectivity index (χ1) is 28.5. The first kappa shape index (κ1) is 44.1. The number of carbonyl (C=O) groups is 2. The highest BCUT2D eigenvalue weighted by atomic mass is 35.5. The second-order valence-electron chi connectivity index (χ2n) is 15.9. The third-order valence-corrected chi connectivity index (χ3v) is 11.5. The van der Waals surface area contributed by atoms with Gasteiger partial charge in [0.05, 0.1) is 42.1 Å². The number of ether oxygens (including phenoxy) is 2. The molecule has 0 unspecified atom stereocenters. The first-order valence-electron chi connectivity index (χ1n) is 19.6. The smallest absolute Gasteiger partial charge is 0.338 e. The van der Waals surface area contributed by atoms with Crippen LogP contribution >= 0.6 is 23.2 Å². The van der Waals surface area contributed by atoms with Gasteiger partial charge in [-0.3, -0.25) is 4.79 Å². The number of amides is 1. The van der Waals surface area contributed by atoms with E-state index in [1.165, 1.54) is 61.7 Å². The summed E-state index contributed by atoms with van der Waals surface area (Å²) in [5, 5.41) is 17.9. The van der Waals surface area contributed by atoms with Crippen molar-refractivity contribution in [1.29, 1.82) is 5.26 Å². The quantitative estimate of drug-likeness (QED) is 0.0877. The van der Waals surface area contributed by atoms with E-state index in [1.54, 1.807) is 0 Å². The third-order valence-electron chi connectivity index (χ3n) is 11.0. The number of fused-ring (bicyclic) bond motifs is 1. The minimum absolute atomic E-state index is 0.0463. The summed E-state index contributed by atoms with van der Waals surface area (Å²) >= 11 is 12.4. The van der Waals surface area contributed by atoms with Gasteiger partial charge in [-0.25, -0.2) is 18.4 Å². The molecule has 4 aromatic carbocycles. The van der Waals surface area contributed by atoms with Crippen molar-refractivity contribution in [3.8, 4) is 11.8 Å². The molecule has 6 rings (SSSR count). The van der Waals surface area contributed by atoms with Crippen LogP contribution in [0.25, 0.3) is 11.0 Å². The highest BCUT2D eigenvalue weighted by Crippen LogP contribution is 2.53. The van der Waals surface area contributed by atoms with Crippen molar-refractivity contribution >= 4 is 57.4 Å². The Balaban J connectivity index is 1.27. The highest BCUT2D eigenvalue weighted by Gasteiger charge is 2.61. The Hall–Kier alpha value is -5.48. The zero-order valence-corrected chi connectivity index (χ0v) is 35.6. The van der Waals surface area contributed by atoms with E-state index in [0.717, 1.165) is 30.2 Å². The summed E-state index contributed by atoms with van der Waals surface area (Å²) in [6.07, 6.45) is 0.531. The monoisotopic (exact) mass is 858 g/mol. The van der Waals surface area contributed by atoms with Crippen molar-refractivity contribution in [2.24, 2.45) is 5.41 Å². The van der Waals surface area contributed by atoms with Crippen molar-refractivity contribution < 1.29 is 32.3 Å². The first-order valence-corrected chi connectivity index (χ1v) is 20.3. The number of methoxy groups -OCH3 is 1. The summed E-state index contributed by atoms with van der Waals surface area (Å²) in [5.41, 5.74) is -0.562. The van der Waals surface area contributed by atoms with Crippen LogP contribution in [0.1, 0.15) is 74.0 Å². The van der Waals surface area contributed by atoms with Crippen LogP contribution in [0.15, 0.2) is 88.1 Å².